The summed E-state index contributed by atoms with van der Waals surface area (Å²) in [5.41, 5.74) is 4.76. The van der Waals surface area contributed by atoms with Crippen molar-refractivity contribution in [3.8, 4) is 6.07 Å². The van der Waals surface area contributed by atoms with Crippen LogP contribution in [0.25, 0.3) is 10.9 Å². The molecule has 0 N–H and O–H groups in total. The van der Waals surface area contributed by atoms with Gasteiger partial charge in [0.05, 0.1) is 22.4 Å². The lowest BCUT2D eigenvalue weighted by Crippen LogP contribution is -1.92. The Morgan fingerprint density at radius 3 is 2.71 bits per heavy atom. The SMILES string of the molecule is Cc1ccc2c(C)cc(SCC#N)nc2c1C. The van der Waals surface area contributed by atoms with E-state index in [9.17, 15) is 0 Å². The number of nitriles is 1. The number of thioether (sulfide) groups is 1. The molecule has 0 fully saturated rings. The molecule has 0 aliphatic rings. The second kappa shape index (κ2) is 4.77. The molecule has 0 saturated heterocycles. The number of fused-ring (bicyclic) bond motifs is 1. The number of nitrogens with zero attached hydrogens (tertiary/aromatic N) is 2. The summed E-state index contributed by atoms with van der Waals surface area (Å²) in [6.45, 7) is 6.29. The molecule has 0 bridgehead atoms. The molecule has 0 amide bonds. The van der Waals surface area contributed by atoms with Gasteiger partial charge in [-0.25, -0.2) is 4.98 Å². The van der Waals surface area contributed by atoms with E-state index in [0.29, 0.717) is 5.75 Å². The van der Waals surface area contributed by atoms with Crippen molar-refractivity contribution in [3.05, 3.63) is 34.9 Å². The standard InChI is InChI=1S/C14H14N2S/c1-9-4-5-12-10(2)8-13(17-7-6-15)16-14(12)11(9)3/h4-5,8H,7H2,1-3H3. The van der Waals surface area contributed by atoms with Gasteiger partial charge in [-0.3, -0.25) is 0 Å². The lowest BCUT2D eigenvalue weighted by Gasteiger charge is -2.09. The maximum absolute atomic E-state index is 8.61. The van der Waals surface area contributed by atoms with E-state index in [2.05, 4.69) is 50.0 Å². The highest BCUT2D eigenvalue weighted by atomic mass is 32.2. The lowest BCUT2D eigenvalue weighted by atomic mass is 10.0. The molecule has 1 aromatic heterocycles. The van der Waals surface area contributed by atoms with Crippen LogP contribution in [0.2, 0.25) is 0 Å². The highest BCUT2D eigenvalue weighted by molar-refractivity contribution is 7.99. The van der Waals surface area contributed by atoms with E-state index in [1.165, 1.54) is 33.8 Å². The Morgan fingerprint density at radius 2 is 2.00 bits per heavy atom. The summed E-state index contributed by atoms with van der Waals surface area (Å²) in [5.74, 6) is 0.447. The van der Waals surface area contributed by atoms with Gasteiger partial charge < -0.3 is 0 Å². The molecule has 0 spiro atoms. The molecular weight excluding hydrogens is 228 g/mol. The molecule has 1 heterocycles. The molecule has 0 unspecified atom stereocenters. The summed E-state index contributed by atoms with van der Waals surface area (Å²) >= 11 is 1.49. The van der Waals surface area contributed by atoms with Gasteiger partial charge in [0.1, 0.15) is 0 Å². The van der Waals surface area contributed by atoms with Crippen LogP contribution in [-0.2, 0) is 0 Å². The number of aryl methyl sites for hydroxylation is 3. The van der Waals surface area contributed by atoms with Crippen LogP contribution in [0.5, 0.6) is 0 Å². The van der Waals surface area contributed by atoms with Crippen LogP contribution >= 0.6 is 11.8 Å². The molecule has 3 heteroatoms. The number of aromatic nitrogens is 1. The van der Waals surface area contributed by atoms with E-state index in [-0.39, 0.29) is 0 Å². The van der Waals surface area contributed by atoms with Crippen molar-refractivity contribution in [2.24, 2.45) is 0 Å². The molecule has 2 aromatic rings. The van der Waals surface area contributed by atoms with E-state index in [4.69, 9.17) is 5.26 Å². The van der Waals surface area contributed by atoms with Crippen molar-refractivity contribution in [2.75, 3.05) is 5.75 Å². The third-order valence-electron chi connectivity index (χ3n) is 2.97. The van der Waals surface area contributed by atoms with Crippen molar-refractivity contribution in [1.29, 1.82) is 5.26 Å². The monoisotopic (exact) mass is 242 g/mol. The summed E-state index contributed by atoms with van der Waals surface area (Å²) in [6, 6.07) is 8.44. The molecule has 0 saturated carbocycles. The van der Waals surface area contributed by atoms with Gasteiger partial charge in [0.25, 0.3) is 0 Å². The number of rotatable bonds is 2. The first-order valence-electron chi connectivity index (χ1n) is 5.51. The predicted molar refractivity (Wildman–Crippen MR) is 72.3 cm³/mol. The van der Waals surface area contributed by atoms with Crippen LogP contribution < -0.4 is 0 Å². The zero-order valence-electron chi connectivity index (χ0n) is 10.2. The smallest absolute Gasteiger partial charge is 0.0980 e. The number of benzene rings is 1. The molecule has 2 rings (SSSR count). The fourth-order valence-electron chi connectivity index (χ4n) is 1.85. The van der Waals surface area contributed by atoms with Crippen molar-refractivity contribution in [1.82, 2.24) is 4.98 Å². The highest BCUT2D eigenvalue weighted by Gasteiger charge is 2.07. The number of hydrogen-bond donors (Lipinski definition) is 0. The van der Waals surface area contributed by atoms with Crippen molar-refractivity contribution in [2.45, 2.75) is 25.8 Å². The van der Waals surface area contributed by atoms with Gasteiger partial charge in [-0.1, -0.05) is 23.9 Å². The summed E-state index contributed by atoms with van der Waals surface area (Å²) in [6.07, 6.45) is 0. The molecule has 0 aliphatic heterocycles. The quantitative estimate of drug-likeness (QED) is 0.752. The lowest BCUT2D eigenvalue weighted by molar-refractivity contribution is 1.15. The first kappa shape index (κ1) is 11.9. The number of pyridine rings is 1. The van der Waals surface area contributed by atoms with Gasteiger partial charge in [-0.15, -0.1) is 0 Å². The normalized spacial score (nSPS) is 10.5. The average molecular weight is 242 g/mol. The molecule has 0 radical (unpaired) electrons. The van der Waals surface area contributed by atoms with E-state index >= 15 is 0 Å². The van der Waals surface area contributed by atoms with Crippen LogP contribution in [0.15, 0.2) is 23.2 Å². The van der Waals surface area contributed by atoms with Gasteiger partial charge >= 0.3 is 0 Å². The fourth-order valence-corrected chi connectivity index (χ4v) is 2.48. The third-order valence-corrected chi connectivity index (χ3v) is 3.75. The zero-order valence-corrected chi connectivity index (χ0v) is 11.1. The Labute approximate surface area is 106 Å². The van der Waals surface area contributed by atoms with Gasteiger partial charge in [0, 0.05) is 5.39 Å². The van der Waals surface area contributed by atoms with Gasteiger partial charge in [-0.05, 0) is 43.5 Å². The van der Waals surface area contributed by atoms with Gasteiger partial charge in [-0.2, -0.15) is 5.26 Å². The van der Waals surface area contributed by atoms with E-state index in [0.717, 1.165) is 10.5 Å². The minimum atomic E-state index is 0.447. The van der Waals surface area contributed by atoms with Crippen LogP contribution in [-0.4, -0.2) is 10.7 Å². The first-order valence-corrected chi connectivity index (χ1v) is 6.49. The van der Waals surface area contributed by atoms with Crippen LogP contribution in [0, 0.1) is 32.1 Å². The second-order valence-electron chi connectivity index (χ2n) is 4.13. The van der Waals surface area contributed by atoms with Crippen LogP contribution in [0.4, 0.5) is 0 Å². The van der Waals surface area contributed by atoms with E-state index in [1.54, 1.807) is 0 Å². The molecule has 0 atom stereocenters. The minimum Gasteiger partial charge on any atom is -0.241 e. The topological polar surface area (TPSA) is 36.7 Å². The summed E-state index contributed by atoms with van der Waals surface area (Å²) in [5, 5.41) is 10.7. The molecule has 17 heavy (non-hydrogen) atoms. The predicted octanol–water partition coefficient (Wildman–Crippen LogP) is 3.78. The summed E-state index contributed by atoms with van der Waals surface area (Å²) < 4.78 is 0. The Balaban J connectivity index is 2.63. The van der Waals surface area contributed by atoms with Crippen molar-refractivity contribution in [3.63, 3.8) is 0 Å². The minimum absolute atomic E-state index is 0.447. The van der Waals surface area contributed by atoms with Gasteiger partial charge in [0.2, 0.25) is 0 Å². The van der Waals surface area contributed by atoms with E-state index in [1.807, 2.05) is 0 Å². The van der Waals surface area contributed by atoms with Gasteiger partial charge in [0.15, 0.2) is 0 Å². The van der Waals surface area contributed by atoms with Crippen LogP contribution in [0.1, 0.15) is 16.7 Å². The summed E-state index contributed by atoms with van der Waals surface area (Å²) in [4.78, 5) is 4.65. The van der Waals surface area contributed by atoms with Crippen LogP contribution in [0.3, 0.4) is 0 Å². The van der Waals surface area contributed by atoms with Crippen molar-refractivity contribution < 1.29 is 0 Å². The summed E-state index contributed by atoms with van der Waals surface area (Å²) in [7, 11) is 0. The Hall–Kier alpha value is -1.53. The molecule has 0 aliphatic carbocycles. The second-order valence-corrected chi connectivity index (χ2v) is 5.12. The Kier molecular flexibility index (Phi) is 3.35. The van der Waals surface area contributed by atoms with E-state index < -0.39 is 0 Å². The maximum Gasteiger partial charge on any atom is 0.0980 e. The third kappa shape index (κ3) is 2.27. The average Bonchev–Trinajstić information content (AvgIpc) is 2.32. The fraction of sp³-hybridized carbons (Fsp3) is 0.286. The maximum atomic E-state index is 8.61. The Bertz CT molecular complexity index is 612. The van der Waals surface area contributed by atoms with Crippen molar-refractivity contribution >= 4 is 22.7 Å². The Morgan fingerprint density at radius 1 is 1.24 bits per heavy atom. The molecular formula is C14H14N2S. The molecule has 86 valence electrons. The number of hydrogen-bond acceptors (Lipinski definition) is 3. The largest absolute Gasteiger partial charge is 0.241 e. The molecule has 1 aromatic carbocycles. The molecule has 2 nitrogen and oxygen atoms in total. The first-order chi connectivity index (χ1) is 8.13. The highest BCUT2D eigenvalue weighted by Crippen LogP contribution is 2.26. The zero-order chi connectivity index (χ0) is 12.4.